The maximum absolute atomic E-state index is 6.00. The molecule has 1 atom stereocenters. The summed E-state index contributed by atoms with van der Waals surface area (Å²) in [5.41, 5.74) is 5.92. The minimum Gasteiger partial charge on any atom is -0.296 e. The number of rotatable bonds is 6. The molecule has 0 aromatic heterocycles. The number of nitrogens with one attached hydrogen (secondary N) is 1. The normalized spacial score (nSPS) is 18.4. The first-order valence-corrected chi connectivity index (χ1v) is 7.96. The van der Waals surface area contributed by atoms with Gasteiger partial charge in [-0.2, -0.15) is 0 Å². The van der Waals surface area contributed by atoms with Crippen LogP contribution < -0.4 is 11.3 Å². The molecule has 3 N–H and O–H groups in total. The zero-order valence-electron chi connectivity index (χ0n) is 13.2. The predicted octanol–water partition coefficient (Wildman–Crippen LogP) is 3.15. The molecule has 0 aliphatic carbocycles. The van der Waals surface area contributed by atoms with Gasteiger partial charge in [-0.15, -0.1) is 0 Å². The summed E-state index contributed by atoms with van der Waals surface area (Å²) in [7, 11) is 0. The highest BCUT2D eigenvalue weighted by molar-refractivity contribution is 5.31. The van der Waals surface area contributed by atoms with Crippen molar-refractivity contribution in [2.45, 2.75) is 58.0 Å². The van der Waals surface area contributed by atoms with E-state index in [1.807, 2.05) is 0 Å². The van der Waals surface area contributed by atoms with Crippen LogP contribution in [-0.4, -0.2) is 23.5 Å². The second kappa shape index (κ2) is 6.70. The number of nitrogens with zero attached hydrogens (tertiary/aromatic N) is 1. The quantitative estimate of drug-likeness (QED) is 0.619. The van der Waals surface area contributed by atoms with Gasteiger partial charge in [-0.1, -0.05) is 38.1 Å². The number of likely N-dealkylation sites (tertiary alicyclic amines) is 1. The Morgan fingerprint density at radius 3 is 2.30 bits per heavy atom. The molecule has 1 aromatic rings. The Balaban J connectivity index is 2.42. The Morgan fingerprint density at radius 1 is 1.20 bits per heavy atom. The Bertz CT molecular complexity index is 420. The minimum absolute atomic E-state index is 0.122. The molecule has 3 nitrogen and oxygen atoms in total. The van der Waals surface area contributed by atoms with Crippen molar-refractivity contribution in [2.24, 2.45) is 5.84 Å². The zero-order valence-corrected chi connectivity index (χ0v) is 13.2. The average Bonchev–Trinajstić information content (AvgIpc) is 3.01. The van der Waals surface area contributed by atoms with Gasteiger partial charge in [-0.05, 0) is 56.8 Å². The van der Waals surface area contributed by atoms with Gasteiger partial charge < -0.3 is 0 Å². The van der Waals surface area contributed by atoms with Gasteiger partial charge >= 0.3 is 0 Å². The fraction of sp³-hybridized carbons (Fsp3) is 0.647. The average molecular weight is 275 g/mol. The lowest BCUT2D eigenvalue weighted by atomic mass is 9.78. The molecule has 0 spiro atoms. The van der Waals surface area contributed by atoms with Crippen LogP contribution >= 0.6 is 0 Å². The lowest BCUT2D eigenvalue weighted by Crippen LogP contribution is -2.56. The molecule has 1 heterocycles. The van der Waals surface area contributed by atoms with Crippen molar-refractivity contribution in [2.75, 3.05) is 13.1 Å². The van der Waals surface area contributed by atoms with Crippen molar-refractivity contribution >= 4 is 0 Å². The lowest BCUT2D eigenvalue weighted by Gasteiger charge is -2.47. The molecular weight excluding hydrogens is 246 g/mol. The summed E-state index contributed by atoms with van der Waals surface area (Å²) in [4.78, 5) is 2.66. The molecular formula is C17H29N3. The monoisotopic (exact) mass is 275 g/mol. The second-order valence-electron chi connectivity index (χ2n) is 5.96. The van der Waals surface area contributed by atoms with E-state index in [1.54, 1.807) is 0 Å². The molecule has 1 aliphatic heterocycles. The van der Waals surface area contributed by atoms with Gasteiger partial charge in [0.25, 0.3) is 0 Å². The summed E-state index contributed by atoms with van der Waals surface area (Å²) in [5, 5.41) is 0. The fourth-order valence-corrected chi connectivity index (χ4v) is 3.90. The highest BCUT2D eigenvalue weighted by Crippen LogP contribution is 2.39. The van der Waals surface area contributed by atoms with E-state index in [0.717, 1.165) is 12.8 Å². The van der Waals surface area contributed by atoms with E-state index in [9.17, 15) is 0 Å². The maximum Gasteiger partial charge on any atom is 0.0646 e. The van der Waals surface area contributed by atoms with E-state index in [0.29, 0.717) is 0 Å². The minimum atomic E-state index is 0.122. The number of hydrogen-bond acceptors (Lipinski definition) is 3. The maximum atomic E-state index is 6.00. The number of benzene rings is 1. The van der Waals surface area contributed by atoms with Crippen LogP contribution in [0.25, 0.3) is 0 Å². The topological polar surface area (TPSA) is 41.3 Å². The van der Waals surface area contributed by atoms with E-state index in [4.69, 9.17) is 5.84 Å². The molecule has 112 valence electrons. The van der Waals surface area contributed by atoms with Gasteiger partial charge in [-0.3, -0.25) is 16.2 Å². The molecule has 0 bridgehead atoms. The van der Waals surface area contributed by atoms with Crippen LogP contribution in [0.2, 0.25) is 0 Å². The van der Waals surface area contributed by atoms with Crippen molar-refractivity contribution in [1.82, 2.24) is 10.3 Å². The highest BCUT2D eigenvalue weighted by Gasteiger charge is 2.42. The van der Waals surface area contributed by atoms with Gasteiger partial charge in [-0.25, -0.2) is 0 Å². The summed E-state index contributed by atoms with van der Waals surface area (Å²) in [5.74, 6) is 6.00. The number of hydrazine groups is 1. The Kier molecular flexibility index (Phi) is 5.19. The van der Waals surface area contributed by atoms with Crippen LogP contribution in [0.3, 0.4) is 0 Å². The number of nitrogens with two attached hydrogens (primary N) is 1. The van der Waals surface area contributed by atoms with Gasteiger partial charge in [0.15, 0.2) is 0 Å². The standard InChI is InChI=1S/C17H29N3/c1-4-17(5-2,20-12-8-9-13-20)16(19-18)15-11-7-6-10-14(15)3/h6-7,10-11,16,19H,4-5,8-9,12-13,18H2,1-3H3. The number of aryl methyl sites for hydroxylation is 1. The zero-order chi connectivity index (χ0) is 14.6. The van der Waals surface area contributed by atoms with Crippen LogP contribution in [0, 0.1) is 6.92 Å². The molecule has 1 fully saturated rings. The molecule has 2 rings (SSSR count). The SMILES string of the molecule is CCC(CC)(C(NN)c1ccccc1C)N1CCCC1. The van der Waals surface area contributed by atoms with E-state index in [-0.39, 0.29) is 11.6 Å². The third kappa shape index (κ3) is 2.62. The van der Waals surface area contributed by atoms with E-state index >= 15 is 0 Å². The summed E-state index contributed by atoms with van der Waals surface area (Å²) in [6, 6.07) is 8.81. The lowest BCUT2D eigenvalue weighted by molar-refractivity contribution is 0.0614. The third-order valence-corrected chi connectivity index (χ3v) is 5.16. The second-order valence-corrected chi connectivity index (χ2v) is 5.96. The van der Waals surface area contributed by atoms with Gasteiger partial charge in [0, 0.05) is 5.54 Å². The van der Waals surface area contributed by atoms with Crippen LogP contribution in [0.4, 0.5) is 0 Å². The van der Waals surface area contributed by atoms with E-state index in [1.165, 1.54) is 37.1 Å². The molecule has 0 saturated carbocycles. The van der Waals surface area contributed by atoms with Crippen LogP contribution in [0.1, 0.15) is 56.7 Å². The summed E-state index contributed by atoms with van der Waals surface area (Å²) in [6.07, 6.45) is 4.86. The molecule has 0 radical (unpaired) electrons. The largest absolute Gasteiger partial charge is 0.296 e. The first kappa shape index (κ1) is 15.5. The van der Waals surface area contributed by atoms with E-state index < -0.39 is 0 Å². The molecule has 20 heavy (non-hydrogen) atoms. The fourth-order valence-electron chi connectivity index (χ4n) is 3.90. The van der Waals surface area contributed by atoms with Crippen LogP contribution in [0.15, 0.2) is 24.3 Å². The van der Waals surface area contributed by atoms with Crippen LogP contribution in [0.5, 0.6) is 0 Å². The predicted molar refractivity (Wildman–Crippen MR) is 85.4 cm³/mol. The number of hydrogen-bond donors (Lipinski definition) is 2. The van der Waals surface area contributed by atoms with Crippen molar-refractivity contribution in [1.29, 1.82) is 0 Å². The summed E-state index contributed by atoms with van der Waals surface area (Å²) in [6.45, 7) is 9.17. The van der Waals surface area contributed by atoms with Crippen molar-refractivity contribution < 1.29 is 0 Å². The molecule has 1 unspecified atom stereocenters. The molecule has 1 saturated heterocycles. The highest BCUT2D eigenvalue weighted by atomic mass is 15.3. The first-order valence-electron chi connectivity index (χ1n) is 7.96. The van der Waals surface area contributed by atoms with E-state index in [2.05, 4.69) is 55.4 Å². The molecule has 3 heteroatoms. The first-order chi connectivity index (χ1) is 9.69. The molecule has 1 aromatic carbocycles. The molecule has 0 amide bonds. The van der Waals surface area contributed by atoms with Crippen molar-refractivity contribution in [3.63, 3.8) is 0 Å². The third-order valence-electron chi connectivity index (χ3n) is 5.16. The summed E-state index contributed by atoms with van der Waals surface area (Å²) >= 11 is 0. The Labute approximate surface area is 123 Å². The Morgan fingerprint density at radius 2 is 1.80 bits per heavy atom. The molecule has 1 aliphatic rings. The van der Waals surface area contributed by atoms with Gasteiger partial charge in [0.05, 0.1) is 6.04 Å². The van der Waals surface area contributed by atoms with Gasteiger partial charge in [0.2, 0.25) is 0 Å². The van der Waals surface area contributed by atoms with Crippen molar-refractivity contribution in [3.8, 4) is 0 Å². The van der Waals surface area contributed by atoms with Crippen molar-refractivity contribution in [3.05, 3.63) is 35.4 Å². The van der Waals surface area contributed by atoms with Crippen LogP contribution in [-0.2, 0) is 0 Å². The smallest absolute Gasteiger partial charge is 0.0646 e. The Hall–Kier alpha value is -0.900. The summed E-state index contributed by atoms with van der Waals surface area (Å²) < 4.78 is 0. The van der Waals surface area contributed by atoms with Gasteiger partial charge in [0.1, 0.15) is 0 Å².